The highest BCUT2D eigenvalue weighted by Gasteiger charge is 2.10. The van der Waals surface area contributed by atoms with Crippen molar-refractivity contribution in [1.29, 1.82) is 0 Å². The lowest BCUT2D eigenvalue weighted by atomic mass is 10.1. The highest BCUT2D eigenvalue weighted by Crippen LogP contribution is 2.05. The number of hydrogen-bond donors (Lipinski definition) is 3. The molecule has 0 aliphatic carbocycles. The zero-order valence-corrected chi connectivity index (χ0v) is 16.4. The van der Waals surface area contributed by atoms with E-state index in [0.29, 0.717) is 57.8 Å². The fourth-order valence-electron chi connectivity index (χ4n) is 2.25. The molecule has 3 N–H and O–H groups in total. The first-order chi connectivity index (χ1) is 11.7. The number of aliphatic hydroxyl groups excluding tert-OH is 1. The third-order valence-electron chi connectivity index (χ3n) is 3.60. The van der Waals surface area contributed by atoms with Crippen molar-refractivity contribution in [3.8, 4) is 0 Å². The first-order valence-electron chi connectivity index (χ1n) is 9.18. The summed E-state index contributed by atoms with van der Waals surface area (Å²) in [5, 5.41) is 18.3. The normalized spacial score (nSPS) is 13.3. The van der Waals surface area contributed by atoms with Gasteiger partial charge in [-0.25, -0.2) is 13.1 Å². The van der Waals surface area contributed by atoms with Gasteiger partial charge in [0.15, 0.2) is 0 Å². The lowest BCUT2D eigenvalue weighted by Gasteiger charge is -2.12. The van der Waals surface area contributed by atoms with Gasteiger partial charge < -0.3 is 14.9 Å². The Morgan fingerprint density at radius 2 is 1.72 bits per heavy atom. The largest absolute Gasteiger partial charge is 0.481 e. The molecule has 7 nitrogen and oxygen atoms in total. The summed E-state index contributed by atoms with van der Waals surface area (Å²) in [6.45, 7) is 5.39. The molecule has 0 rings (SSSR count). The van der Waals surface area contributed by atoms with Gasteiger partial charge in [0.05, 0.1) is 18.5 Å². The molecule has 1 atom stereocenters. The molecule has 8 heteroatoms. The van der Waals surface area contributed by atoms with Gasteiger partial charge >= 0.3 is 5.97 Å². The number of sulfonamides is 1. The number of carbonyl (C=O) groups is 1. The minimum atomic E-state index is -3.27. The number of unbranched alkanes of at least 4 members (excludes halogenated alkanes) is 4. The van der Waals surface area contributed by atoms with Crippen LogP contribution in [0.3, 0.4) is 0 Å². The van der Waals surface area contributed by atoms with Gasteiger partial charge in [-0.2, -0.15) is 0 Å². The first-order valence-corrected chi connectivity index (χ1v) is 10.8. The van der Waals surface area contributed by atoms with Crippen LogP contribution in [0.5, 0.6) is 0 Å². The first kappa shape index (κ1) is 24.3. The predicted molar refractivity (Wildman–Crippen MR) is 98.0 cm³/mol. The average molecular weight is 382 g/mol. The van der Waals surface area contributed by atoms with Gasteiger partial charge in [0.2, 0.25) is 10.0 Å². The Balaban J connectivity index is 3.59. The maximum absolute atomic E-state index is 11.8. The molecule has 0 aromatic rings. The van der Waals surface area contributed by atoms with Crippen LogP contribution in [-0.2, 0) is 19.6 Å². The van der Waals surface area contributed by atoms with Gasteiger partial charge in [-0.05, 0) is 38.0 Å². The van der Waals surface area contributed by atoms with E-state index < -0.39 is 22.1 Å². The molecule has 0 aromatic carbocycles. The van der Waals surface area contributed by atoms with Crippen LogP contribution in [-0.4, -0.2) is 56.2 Å². The Morgan fingerprint density at radius 1 is 1.04 bits per heavy atom. The third-order valence-corrected chi connectivity index (χ3v) is 5.07. The number of nitrogens with one attached hydrogen (secondary N) is 1. The Bertz CT molecular complexity index is 438. The quantitative estimate of drug-likeness (QED) is 0.333. The highest BCUT2D eigenvalue weighted by molar-refractivity contribution is 7.89. The van der Waals surface area contributed by atoms with Crippen LogP contribution in [0.1, 0.15) is 65.2 Å². The molecular weight excluding hydrogens is 346 g/mol. The van der Waals surface area contributed by atoms with E-state index in [1.165, 1.54) is 0 Å². The number of rotatable bonds is 17. The summed E-state index contributed by atoms with van der Waals surface area (Å²) < 4.78 is 31.6. The van der Waals surface area contributed by atoms with Crippen molar-refractivity contribution in [2.75, 3.05) is 25.5 Å². The summed E-state index contributed by atoms with van der Waals surface area (Å²) >= 11 is 0. The molecule has 0 spiro atoms. The topological polar surface area (TPSA) is 113 Å². The van der Waals surface area contributed by atoms with Crippen LogP contribution >= 0.6 is 0 Å². The van der Waals surface area contributed by atoms with Crippen LogP contribution in [0.25, 0.3) is 0 Å². The minimum Gasteiger partial charge on any atom is -0.481 e. The number of aliphatic carboxylic acids is 1. The fourth-order valence-corrected chi connectivity index (χ4v) is 3.43. The zero-order chi connectivity index (χ0) is 19.1. The highest BCUT2D eigenvalue weighted by atomic mass is 32.2. The second kappa shape index (κ2) is 14.5. The van der Waals surface area contributed by atoms with Crippen molar-refractivity contribution in [1.82, 2.24) is 4.72 Å². The summed E-state index contributed by atoms with van der Waals surface area (Å²) in [7, 11) is -3.27. The maximum atomic E-state index is 11.8. The van der Waals surface area contributed by atoms with E-state index >= 15 is 0 Å². The van der Waals surface area contributed by atoms with Gasteiger partial charge in [0, 0.05) is 19.6 Å². The summed E-state index contributed by atoms with van der Waals surface area (Å²) in [6.07, 6.45) is 4.27. The van der Waals surface area contributed by atoms with E-state index in [0.717, 1.165) is 12.8 Å². The molecule has 0 aromatic heterocycles. The van der Waals surface area contributed by atoms with Crippen molar-refractivity contribution in [3.63, 3.8) is 0 Å². The predicted octanol–water partition coefficient (Wildman–Crippen LogP) is 2.14. The van der Waals surface area contributed by atoms with Gasteiger partial charge in [-0.1, -0.05) is 26.7 Å². The van der Waals surface area contributed by atoms with E-state index in [9.17, 15) is 18.3 Å². The molecule has 25 heavy (non-hydrogen) atoms. The SMILES string of the molecule is CC(C)COCC(O)CCCCS(=O)(=O)NCCCCCCC(=O)O. The van der Waals surface area contributed by atoms with E-state index in [2.05, 4.69) is 4.72 Å². The zero-order valence-electron chi connectivity index (χ0n) is 15.6. The maximum Gasteiger partial charge on any atom is 0.303 e. The van der Waals surface area contributed by atoms with Crippen LogP contribution in [0.15, 0.2) is 0 Å². The van der Waals surface area contributed by atoms with Crippen LogP contribution in [0.4, 0.5) is 0 Å². The molecule has 0 saturated heterocycles. The minimum absolute atomic E-state index is 0.0611. The van der Waals surface area contributed by atoms with Crippen LogP contribution < -0.4 is 4.72 Å². The van der Waals surface area contributed by atoms with Gasteiger partial charge in [0.1, 0.15) is 0 Å². The second-order valence-electron chi connectivity index (χ2n) is 6.85. The average Bonchev–Trinajstić information content (AvgIpc) is 2.50. The van der Waals surface area contributed by atoms with E-state index in [-0.39, 0.29) is 12.2 Å². The molecule has 0 fully saturated rings. The van der Waals surface area contributed by atoms with Crippen molar-refractivity contribution in [2.24, 2.45) is 5.92 Å². The molecule has 0 bridgehead atoms. The van der Waals surface area contributed by atoms with E-state index in [4.69, 9.17) is 9.84 Å². The Hall–Kier alpha value is -0.700. The molecule has 0 aliphatic rings. The van der Waals surface area contributed by atoms with Crippen LogP contribution in [0.2, 0.25) is 0 Å². The van der Waals surface area contributed by atoms with Crippen molar-refractivity contribution < 1.29 is 28.2 Å². The smallest absolute Gasteiger partial charge is 0.303 e. The van der Waals surface area contributed by atoms with Crippen molar-refractivity contribution in [2.45, 2.75) is 71.3 Å². The third kappa shape index (κ3) is 17.9. The molecule has 0 saturated carbocycles. The van der Waals surface area contributed by atoms with Gasteiger partial charge in [-0.3, -0.25) is 4.79 Å². The molecule has 0 heterocycles. The Labute approximate surface area is 152 Å². The number of hydrogen-bond acceptors (Lipinski definition) is 5. The summed E-state index contributed by atoms with van der Waals surface area (Å²) in [4.78, 5) is 10.4. The fraction of sp³-hybridized carbons (Fsp3) is 0.941. The molecule has 0 amide bonds. The van der Waals surface area contributed by atoms with Gasteiger partial charge in [0.25, 0.3) is 0 Å². The molecule has 0 radical (unpaired) electrons. The number of aliphatic hydroxyl groups is 1. The molecule has 1 unspecified atom stereocenters. The lowest BCUT2D eigenvalue weighted by Crippen LogP contribution is -2.27. The molecule has 0 aliphatic heterocycles. The number of carboxylic acid groups (broad SMARTS) is 1. The standard InChI is InChI=1S/C17H35NO6S/c1-15(2)13-24-14-16(19)9-6-8-12-25(22,23)18-11-7-4-3-5-10-17(20)21/h15-16,18-19H,3-14H2,1-2H3,(H,20,21). The van der Waals surface area contributed by atoms with Gasteiger partial charge in [-0.15, -0.1) is 0 Å². The lowest BCUT2D eigenvalue weighted by molar-refractivity contribution is -0.137. The van der Waals surface area contributed by atoms with E-state index in [1.807, 2.05) is 13.8 Å². The van der Waals surface area contributed by atoms with Crippen molar-refractivity contribution >= 4 is 16.0 Å². The Morgan fingerprint density at radius 3 is 2.36 bits per heavy atom. The summed E-state index contributed by atoms with van der Waals surface area (Å²) in [5.74, 6) is -0.302. The Kier molecular flexibility index (Phi) is 14.1. The number of carboxylic acids is 1. The van der Waals surface area contributed by atoms with Crippen LogP contribution in [0, 0.1) is 5.92 Å². The molecule has 150 valence electrons. The number of ether oxygens (including phenoxy) is 1. The summed E-state index contributed by atoms with van der Waals surface area (Å²) in [6, 6.07) is 0. The van der Waals surface area contributed by atoms with Crippen molar-refractivity contribution in [3.05, 3.63) is 0 Å². The monoisotopic (exact) mass is 381 g/mol. The van der Waals surface area contributed by atoms with E-state index in [1.54, 1.807) is 0 Å². The molecular formula is C17H35NO6S. The second-order valence-corrected chi connectivity index (χ2v) is 8.78. The summed E-state index contributed by atoms with van der Waals surface area (Å²) in [5.41, 5.74) is 0.